The van der Waals surface area contributed by atoms with E-state index in [1.807, 2.05) is 24.3 Å². The summed E-state index contributed by atoms with van der Waals surface area (Å²) >= 11 is 0. The summed E-state index contributed by atoms with van der Waals surface area (Å²) in [4.78, 5) is 31.6. The van der Waals surface area contributed by atoms with Crippen LogP contribution in [0, 0.1) is 0 Å². The summed E-state index contributed by atoms with van der Waals surface area (Å²) in [5, 5.41) is 14.5. The monoisotopic (exact) mass is 345 g/mol. The molecule has 0 fully saturated rings. The van der Waals surface area contributed by atoms with E-state index in [-0.39, 0.29) is 23.0 Å². The van der Waals surface area contributed by atoms with Gasteiger partial charge >= 0.3 is 0 Å². The lowest BCUT2D eigenvalue weighted by Crippen LogP contribution is -2.08. The minimum Gasteiger partial charge on any atom is -0.507 e. The summed E-state index contributed by atoms with van der Waals surface area (Å²) in [6.45, 7) is 1.38. The molecule has 0 spiro atoms. The first kappa shape index (κ1) is 15.8. The van der Waals surface area contributed by atoms with E-state index >= 15 is 0 Å². The van der Waals surface area contributed by atoms with Crippen molar-refractivity contribution in [3.05, 3.63) is 65.9 Å². The number of fused-ring (bicyclic) bond motifs is 3. The van der Waals surface area contributed by atoms with Crippen LogP contribution in [0.5, 0.6) is 5.75 Å². The third-order valence-electron chi connectivity index (χ3n) is 4.18. The van der Waals surface area contributed by atoms with Gasteiger partial charge in [-0.3, -0.25) is 9.59 Å². The Kier molecular flexibility index (Phi) is 3.65. The van der Waals surface area contributed by atoms with Gasteiger partial charge in [0.05, 0.1) is 5.56 Å². The number of ketones is 1. The molecule has 3 N–H and O–H groups in total. The van der Waals surface area contributed by atoms with Gasteiger partial charge < -0.3 is 15.4 Å². The van der Waals surface area contributed by atoms with Crippen LogP contribution in [0.1, 0.15) is 22.8 Å². The summed E-state index contributed by atoms with van der Waals surface area (Å²) in [5.41, 5.74) is 2.55. The minimum absolute atomic E-state index is 0.109. The highest BCUT2D eigenvalue weighted by atomic mass is 16.3. The van der Waals surface area contributed by atoms with E-state index in [1.54, 1.807) is 6.07 Å². The standard InChI is InChI=1S/C20H15N3O3/c1-11(24)22-13-6-7-18(25)16(9-13)19(26)12-8-15-14-4-2-3-5-17(14)23-20(15)21-10-12/h2-10,25H,1H3,(H,21,23)(H,22,24). The molecule has 0 radical (unpaired) electrons. The van der Waals surface area contributed by atoms with Gasteiger partial charge in [-0.2, -0.15) is 0 Å². The van der Waals surface area contributed by atoms with Crippen molar-refractivity contribution >= 4 is 39.3 Å². The maximum Gasteiger partial charge on any atom is 0.221 e. The van der Waals surface area contributed by atoms with Crippen molar-refractivity contribution in [3.63, 3.8) is 0 Å². The zero-order valence-corrected chi connectivity index (χ0v) is 13.9. The Bertz CT molecular complexity index is 1180. The lowest BCUT2D eigenvalue weighted by molar-refractivity contribution is -0.114. The second-order valence-electron chi connectivity index (χ2n) is 6.03. The number of rotatable bonds is 3. The maximum atomic E-state index is 12.9. The number of carbonyl (C=O) groups excluding carboxylic acids is 2. The SMILES string of the molecule is CC(=O)Nc1ccc(O)c(C(=O)c2cnc3[nH]c4ccccc4c3c2)c1. The minimum atomic E-state index is -0.366. The van der Waals surface area contributed by atoms with Crippen molar-refractivity contribution < 1.29 is 14.7 Å². The van der Waals surface area contributed by atoms with E-state index < -0.39 is 0 Å². The lowest BCUT2D eigenvalue weighted by Gasteiger charge is -2.08. The molecule has 2 aromatic carbocycles. The highest BCUT2D eigenvalue weighted by molar-refractivity contribution is 6.14. The third kappa shape index (κ3) is 2.67. The molecule has 4 aromatic rings. The predicted molar refractivity (Wildman–Crippen MR) is 99.4 cm³/mol. The molecule has 0 aliphatic heterocycles. The molecule has 2 heterocycles. The number of aromatic nitrogens is 2. The van der Waals surface area contributed by atoms with Crippen molar-refractivity contribution in [3.8, 4) is 5.75 Å². The first-order chi connectivity index (χ1) is 12.5. The number of nitrogens with one attached hydrogen (secondary N) is 2. The number of amides is 1. The van der Waals surface area contributed by atoms with Crippen molar-refractivity contribution in [2.24, 2.45) is 0 Å². The smallest absolute Gasteiger partial charge is 0.221 e. The number of anilines is 1. The summed E-state index contributed by atoms with van der Waals surface area (Å²) in [5.74, 6) is -0.770. The van der Waals surface area contributed by atoms with Gasteiger partial charge in [0.15, 0.2) is 5.78 Å². The van der Waals surface area contributed by atoms with Crippen LogP contribution in [-0.4, -0.2) is 26.8 Å². The van der Waals surface area contributed by atoms with Crippen molar-refractivity contribution in [1.29, 1.82) is 0 Å². The number of phenolic OH excluding ortho intramolecular Hbond substituents is 1. The molecule has 0 unspecified atom stereocenters. The Hall–Kier alpha value is -3.67. The second kappa shape index (κ2) is 6.00. The average Bonchev–Trinajstić information content (AvgIpc) is 3.00. The topological polar surface area (TPSA) is 95.1 Å². The highest BCUT2D eigenvalue weighted by Crippen LogP contribution is 2.28. The number of aromatic amines is 1. The molecule has 0 aliphatic rings. The van der Waals surface area contributed by atoms with Crippen LogP contribution in [0.3, 0.4) is 0 Å². The van der Waals surface area contributed by atoms with Gasteiger partial charge in [0.25, 0.3) is 0 Å². The first-order valence-corrected chi connectivity index (χ1v) is 8.05. The predicted octanol–water partition coefficient (Wildman–Crippen LogP) is 3.61. The molecular formula is C20H15N3O3. The summed E-state index contributed by atoms with van der Waals surface area (Å²) in [6.07, 6.45) is 1.48. The fourth-order valence-electron chi connectivity index (χ4n) is 3.00. The molecule has 128 valence electrons. The molecule has 26 heavy (non-hydrogen) atoms. The molecule has 0 atom stereocenters. The van der Waals surface area contributed by atoms with Crippen LogP contribution < -0.4 is 5.32 Å². The molecule has 6 nitrogen and oxygen atoms in total. The summed E-state index contributed by atoms with van der Waals surface area (Å²) in [7, 11) is 0. The number of benzene rings is 2. The molecule has 0 bridgehead atoms. The molecule has 4 rings (SSSR count). The normalized spacial score (nSPS) is 11.0. The largest absolute Gasteiger partial charge is 0.507 e. The fraction of sp³-hybridized carbons (Fsp3) is 0.0500. The van der Waals surface area contributed by atoms with Crippen LogP contribution in [0.4, 0.5) is 5.69 Å². The van der Waals surface area contributed by atoms with Gasteiger partial charge in [-0.25, -0.2) is 4.98 Å². The van der Waals surface area contributed by atoms with Gasteiger partial charge in [-0.1, -0.05) is 18.2 Å². The van der Waals surface area contributed by atoms with Crippen molar-refractivity contribution in [1.82, 2.24) is 9.97 Å². The van der Waals surface area contributed by atoms with E-state index in [4.69, 9.17) is 0 Å². The zero-order valence-electron chi connectivity index (χ0n) is 13.9. The van der Waals surface area contributed by atoms with Crippen LogP contribution in [0.2, 0.25) is 0 Å². The van der Waals surface area contributed by atoms with Crippen molar-refractivity contribution in [2.75, 3.05) is 5.32 Å². The van der Waals surface area contributed by atoms with Crippen molar-refractivity contribution in [2.45, 2.75) is 6.92 Å². The highest BCUT2D eigenvalue weighted by Gasteiger charge is 2.17. The van der Waals surface area contributed by atoms with Gasteiger partial charge in [0.2, 0.25) is 5.91 Å². The first-order valence-electron chi connectivity index (χ1n) is 8.05. The van der Waals surface area contributed by atoms with Gasteiger partial charge in [-0.15, -0.1) is 0 Å². The van der Waals surface area contributed by atoms with E-state index in [0.717, 1.165) is 16.3 Å². The number of nitrogens with zero attached hydrogens (tertiary/aromatic N) is 1. The van der Waals surface area contributed by atoms with E-state index in [0.29, 0.717) is 16.9 Å². The molecule has 0 saturated heterocycles. The Morgan fingerprint density at radius 3 is 2.69 bits per heavy atom. The lowest BCUT2D eigenvalue weighted by atomic mass is 10.0. The molecule has 2 aromatic heterocycles. The Morgan fingerprint density at radius 2 is 1.88 bits per heavy atom. The van der Waals surface area contributed by atoms with Crippen LogP contribution in [0.15, 0.2) is 54.7 Å². The molecule has 6 heteroatoms. The summed E-state index contributed by atoms with van der Waals surface area (Å²) < 4.78 is 0. The molecule has 1 amide bonds. The second-order valence-corrected chi connectivity index (χ2v) is 6.03. The zero-order chi connectivity index (χ0) is 18.3. The molecule has 0 saturated carbocycles. The fourth-order valence-corrected chi connectivity index (χ4v) is 3.00. The number of carbonyl (C=O) groups is 2. The number of hydrogen-bond donors (Lipinski definition) is 3. The Labute approximate surface area is 148 Å². The maximum absolute atomic E-state index is 12.9. The Morgan fingerprint density at radius 1 is 1.08 bits per heavy atom. The van der Waals surface area contributed by atoms with E-state index in [9.17, 15) is 14.7 Å². The number of H-pyrrole nitrogens is 1. The number of hydrogen-bond acceptors (Lipinski definition) is 4. The quantitative estimate of drug-likeness (QED) is 0.390. The van der Waals surface area contributed by atoms with Crippen LogP contribution >= 0.6 is 0 Å². The molecular weight excluding hydrogens is 330 g/mol. The van der Waals surface area contributed by atoms with E-state index in [2.05, 4.69) is 15.3 Å². The number of aromatic hydroxyl groups is 1. The van der Waals surface area contributed by atoms with Gasteiger partial charge in [-0.05, 0) is 30.3 Å². The average molecular weight is 345 g/mol. The van der Waals surface area contributed by atoms with Gasteiger partial charge in [0, 0.05) is 40.7 Å². The van der Waals surface area contributed by atoms with Gasteiger partial charge in [0.1, 0.15) is 11.4 Å². The number of pyridine rings is 1. The number of phenols is 1. The summed E-state index contributed by atoms with van der Waals surface area (Å²) in [6, 6.07) is 13.9. The number of para-hydroxylation sites is 1. The van der Waals surface area contributed by atoms with Crippen LogP contribution in [-0.2, 0) is 4.79 Å². The van der Waals surface area contributed by atoms with E-state index in [1.165, 1.54) is 31.3 Å². The van der Waals surface area contributed by atoms with Crippen LogP contribution in [0.25, 0.3) is 21.9 Å². The third-order valence-corrected chi connectivity index (χ3v) is 4.18. The Balaban J connectivity index is 1.81. The molecule has 0 aliphatic carbocycles.